The molecule has 2 aromatic carbocycles. The summed E-state index contributed by atoms with van der Waals surface area (Å²) in [5, 5.41) is 1.33. The second-order valence-electron chi connectivity index (χ2n) is 10.4. The summed E-state index contributed by atoms with van der Waals surface area (Å²) in [6, 6.07) is 12.6. The van der Waals surface area contributed by atoms with Crippen LogP contribution in [0.15, 0.2) is 53.5 Å². The number of aromatic nitrogens is 1. The maximum absolute atomic E-state index is 15.3. The van der Waals surface area contributed by atoms with E-state index >= 15 is 4.39 Å². The molecule has 3 aromatic rings. The van der Waals surface area contributed by atoms with E-state index in [2.05, 4.69) is 9.80 Å². The Morgan fingerprint density at radius 3 is 2.65 bits per heavy atom. The molecule has 6 rings (SSSR count). The van der Waals surface area contributed by atoms with Gasteiger partial charge in [0.2, 0.25) is 0 Å². The van der Waals surface area contributed by atoms with Gasteiger partial charge in [0, 0.05) is 56.5 Å². The fraction of sp³-hybridized carbons (Fsp3) is 0.483. The molecule has 3 aliphatic heterocycles. The van der Waals surface area contributed by atoms with E-state index in [1.807, 2.05) is 12.1 Å². The van der Waals surface area contributed by atoms with Crippen LogP contribution >= 0.6 is 0 Å². The Hall–Kier alpha value is -2.97. The molecule has 6 nitrogen and oxygen atoms in total. The molecule has 1 aromatic heterocycles. The Kier molecular flexibility index (Phi) is 6.86. The third-order valence-corrected chi connectivity index (χ3v) is 8.02. The van der Waals surface area contributed by atoms with Crippen molar-refractivity contribution in [2.75, 3.05) is 44.3 Å². The van der Waals surface area contributed by atoms with Crippen molar-refractivity contribution in [2.45, 2.75) is 50.4 Å². The summed E-state index contributed by atoms with van der Waals surface area (Å²) in [5.74, 6) is 0.360. The lowest BCUT2D eigenvalue weighted by molar-refractivity contribution is 0.0680. The molecule has 0 spiro atoms. The van der Waals surface area contributed by atoms with Crippen LogP contribution in [0.5, 0.6) is 5.75 Å². The largest absolute Gasteiger partial charge is 0.491 e. The minimum atomic E-state index is -0.690. The average molecular weight is 510 g/mol. The molecule has 2 atom stereocenters. The maximum atomic E-state index is 15.3. The first-order valence-electron chi connectivity index (χ1n) is 13.4. The topological polar surface area (TPSA) is 46.9 Å². The molecule has 0 radical (unpaired) electrons. The van der Waals surface area contributed by atoms with Crippen molar-refractivity contribution in [1.29, 1.82) is 0 Å². The summed E-state index contributed by atoms with van der Waals surface area (Å²) < 4.78 is 41.7. The molecule has 0 amide bonds. The summed E-state index contributed by atoms with van der Waals surface area (Å²) in [5.41, 5.74) is 0.842. The first kappa shape index (κ1) is 24.4. The van der Waals surface area contributed by atoms with Crippen LogP contribution in [-0.4, -0.2) is 67.2 Å². The summed E-state index contributed by atoms with van der Waals surface area (Å²) in [6.45, 7) is 4.33. The zero-order valence-corrected chi connectivity index (χ0v) is 21.0. The average Bonchev–Trinajstić information content (AvgIpc) is 3.61. The van der Waals surface area contributed by atoms with Crippen molar-refractivity contribution in [1.82, 2.24) is 9.47 Å². The van der Waals surface area contributed by atoms with E-state index in [1.54, 1.807) is 30.5 Å². The van der Waals surface area contributed by atoms with Crippen LogP contribution in [0.25, 0.3) is 16.5 Å². The number of pyridine rings is 1. The zero-order chi connectivity index (χ0) is 25.4. The standard InChI is InChI=1S/C29H33F2N3O3/c30-21-8-11-32(12-9-21)23-10-13-33(18-23)28-6-3-22(17-27(28)31)34-14-7-20-16-24(4-5-26(20)29(34)35)37-19-25-2-1-15-36-25/h3-7,14,16-17,21,23,25H,1-2,8-13,15,18-19H2/t23?,25-/m1/s1. The van der Waals surface area contributed by atoms with Crippen LogP contribution in [0.1, 0.15) is 32.1 Å². The number of alkyl halides is 1. The molecule has 8 heteroatoms. The number of rotatable bonds is 6. The molecule has 0 saturated carbocycles. The van der Waals surface area contributed by atoms with Crippen molar-refractivity contribution in [3.05, 3.63) is 64.8 Å². The van der Waals surface area contributed by atoms with Gasteiger partial charge < -0.3 is 14.4 Å². The zero-order valence-electron chi connectivity index (χ0n) is 21.0. The van der Waals surface area contributed by atoms with Crippen LogP contribution < -0.4 is 15.2 Å². The highest BCUT2D eigenvalue weighted by Crippen LogP contribution is 2.29. The van der Waals surface area contributed by atoms with E-state index < -0.39 is 6.17 Å². The van der Waals surface area contributed by atoms with E-state index in [0.717, 1.165) is 57.4 Å². The molecule has 3 saturated heterocycles. The number of anilines is 1. The lowest BCUT2D eigenvalue weighted by atomic mass is 10.1. The molecular weight excluding hydrogens is 476 g/mol. The molecule has 3 fully saturated rings. The smallest absolute Gasteiger partial charge is 0.262 e. The number of benzene rings is 2. The first-order valence-corrected chi connectivity index (χ1v) is 13.4. The van der Waals surface area contributed by atoms with Gasteiger partial charge in [0.25, 0.3) is 5.56 Å². The van der Waals surface area contributed by atoms with Crippen molar-refractivity contribution >= 4 is 16.5 Å². The summed E-state index contributed by atoms with van der Waals surface area (Å²) >= 11 is 0. The summed E-state index contributed by atoms with van der Waals surface area (Å²) in [7, 11) is 0. The first-order chi connectivity index (χ1) is 18.0. The SMILES string of the molecule is O=c1c2ccc(OC[C@H]3CCCO3)cc2ccn1-c1ccc(N2CCC(N3CCC(F)CC3)C2)c(F)c1. The number of piperidine rings is 1. The Bertz CT molecular complexity index is 1320. The van der Waals surface area contributed by atoms with Crippen LogP contribution in [0.4, 0.5) is 14.5 Å². The Morgan fingerprint density at radius 2 is 1.86 bits per heavy atom. The van der Waals surface area contributed by atoms with Gasteiger partial charge in [-0.2, -0.15) is 0 Å². The van der Waals surface area contributed by atoms with Gasteiger partial charge in [-0.3, -0.25) is 14.3 Å². The predicted octanol–water partition coefficient (Wildman–Crippen LogP) is 4.70. The van der Waals surface area contributed by atoms with Gasteiger partial charge in [0.05, 0.1) is 17.5 Å². The lowest BCUT2D eigenvalue weighted by Gasteiger charge is -2.33. The second-order valence-corrected chi connectivity index (χ2v) is 10.4. The highest BCUT2D eigenvalue weighted by molar-refractivity contribution is 5.83. The van der Waals surface area contributed by atoms with Gasteiger partial charge in [-0.05, 0) is 73.9 Å². The molecule has 0 aliphatic carbocycles. The normalized spacial score (nSPS) is 23.2. The van der Waals surface area contributed by atoms with Gasteiger partial charge in [-0.25, -0.2) is 8.78 Å². The molecule has 0 N–H and O–H groups in total. The van der Waals surface area contributed by atoms with Crippen molar-refractivity contribution < 1.29 is 18.3 Å². The predicted molar refractivity (Wildman–Crippen MR) is 140 cm³/mol. The molecular formula is C29H33F2N3O3. The van der Waals surface area contributed by atoms with Gasteiger partial charge in [0.1, 0.15) is 24.3 Å². The van der Waals surface area contributed by atoms with Crippen LogP contribution in [0.3, 0.4) is 0 Å². The number of fused-ring (bicyclic) bond motifs is 1. The van der Waals surface area contributed by atoms with Crippen LogP contribution in [0, 0.1) is 5.82 Å². The summed E-state index contributed by atoms with van der Waals surface area (Å²) in [4.78, 5) is 17.6. The number of nitrogens with zero attached hydrogens (tertiary/aromatic N) is 3. The molecule has 4 heterocycles. The second kappa shape index (κ2) is 10.4. The quantitative estimate of drug-likeness (QED) is 0.482. The summed E-state index contributed by atoms with van der Waals surface area (Å²) in [6.07, 6.45) is 5.31. The third kappa shape index (κ3) is 5.09. The number of hydrogen-bond acceptors (Lipinski definition) is 5. The van der Waals surface area contributed by atoms with E-state index in [4.69, 9.17) is 9.47 Å². The Labute approximate surface area is 215 Å². The molecule has 1 unspecified atom stereocenters. The van der Waals surface area contributed by atoms with Gasteiger partial charge in [0.15, 0.2) is 0 Å². The van der Waals surface area contributed by atoms with Crippen molar-refractivity contribution in [3.63, 3.8) is 0 Å². The molecule has 196 valence electrons. The minimum absolute atomic E-state index is 0.127. The molecule has 37 heavy (non-hydrogen) atoms. The van der Waals surface area contributed by atoms with E-state index in [0.29, 0.717) is 48.0 Å². The number of halogens is 2. The monoisotopic (exact) mass is 509 g/mol. The lowest BCUT2D eigenvalue weighted by Crippen LogP contribution is -2.43. The maximum Gasteiger partial charge on any atom is 0.262 e. The highest BCUT2D eigenvalue weighted by Gasteiger charge is 2.31. The van der Waals surface area contributed by atoms with Gasteiger partial charge in [-0.1, -0.05) is 0 Å². The van der Waals surface area contributed by atoms with Crippen LogP contribution in [0.2, 0.25) is 0 Å². The fourth-order valence-corrected chi connectivity index (χ4v) is 5.88. The molecule has 0 bridgehead atoms. The van der Waals surface area contributed by atoms with Gasteiger partial charge >= 0.3 is 0 Å². The third-order valence-electron chi connectivity index (χ3n) is 8.02. The van der Waals surface area contributed by atoms with Crippen molar-refractivity contribution in [2.24, 2.45) is 0 Å². The Morgan fingerprint density at radius 1 is 1.00 bits per heavy atom. The van der Waals surface area contributed by atoms with Crippen molar-refractivity contribution in [3.8, 4) is 11.4 Å². The highest BCUT2D eigenvalue weighted by atomic mass is 19.1. The number of hydrogen-bond donors (Lipinski definition) is 0. The molecule has 3 aliphatic rings. The van der Waals surface area contributed by atoms with E-state index in [1.165, 1.54) is 10.6 Å². The fourth-order valence-electron chi connectivity index (χ4n) is 5.88. The van der Waals surface area contributed by atoms with E-state index in [-0.39, 0.29) is 17.5 Å². The van der Waals surface area contributed by atoms with Gasteiger partial charge in [-0.15, -0.1) is 0 Å². The Balaban J connectivity index is 1.17. The number of likely N-dealkylation sites (tertiary alicyclic amines) is 1. The minimum Gasteiger partial charge on any atom is -0.491 e. The van der Waals surface area contributed by atoms with Crippen LogP contribution in [-0.2, 0) is 4.74 Å². The van der Waals surface area contributed by atoms with E-state index in [9.17, 15) is 9.18 Å². The number of ether oxygens (including phenoxy) is 2.